The average Bonchev–Trinajstić information content (AvgIpc) is 3.20. The van der Waals surface area contributed by atoms with Gasteiger partial charge in [0.25, 0.3) is 11.1 Å². The molecule has 2 aliphatic heterocycles. The summed E-state index contributed by atoms with van der Waals surface area (Å²) >= 11 is 7.45. The average molecular weight is 565 g/mol. The van der Waals surface area contributed by atoms with Gasteiger partial charge in [-0.05, 0) is 78.1 Å². The summed E-state index contributed by atoms with van der Waals surface area (Å²) < 4.78 is 12.0. The molecule has 39 heavy (non-hydrogen) atoms. The number of imide groups is 1. The van der Waals surface area contributed by atoms with Gasteiger partial charge in [-0.2, -0.15) is 0 Å². The zero-order valence-corrected chi connectivity index (χ0v) is 23.2. The smallest absolute Gasteiger partial charge is 0.294 e. The minimum Gasteiger partial charge on any atom is -0.490 e. The van der Waals surface area contributed by atoms with Crippen LogP contribution in [0, 0.1) is 0 Å². The summed E-state index contributed by atoms with van der Waals surface area (Å²) in [6.45, 7) is 3.63. The highest BCUT2D eigenvalue weighted by atomic mass is 35.5. The van der Waals surface area contributed by atoms with Crippen molar-refractivity contribution in [1.82, 2.24) is 9.80 Å². The van der Waals surface area contributed by atoms with Crippen LogP contribution in [0.15, 0.2) is 59.5 Å². The van der Waals surface area contributed by atoms with Gasteiger partial charge in [0.2, 0.25) is 5.91 Å². The number of amides is 3. The third-order valence-corrected chi connectivity index (χ3v) is 7.95. The molecule has 202 valence electrons. The zero-order chi connectivity index (χ0) is 27.4. The summed E-state index contributed by atoms with van der Waals surface area (Å²) in [6, 6.07) is 17.6. The first-order chi connectivity index (χ1) is 18.9. The molecule has 0 aromatic heterocycles. The summed E-state index contributed by atoms with van der Waals surface area (Å²) in [4.78, 5) is 41.2. The van der Waals surface area contributed by atoms with E-state index in [1.54, 1.807) is 23.1 Å². The second-order valence-electron chi connectivity index (χ2n) is 9.40. The molecule has 0 atom stereocenters. The molecule has 0 spiro atoms. The van der Waals surface area contributed by atoms with Gasteiger partial charge in [-0.1, -0.05) is 54.1 Å². The zero-order valence-electron chi connectivity index (χ0n) is 21.7. The number of nitrogens with zero attached hydrogens (tertiary/aromatic N) is 2. The molecule has 7 nitrogen and oxygen atoms in total. The predicted molar refractivity (Wildman–Crippen MR) is 154 cm³/mol. The summed E-state index contributed by atoms with van der Waals surface area (Å²) in [7, 11) is 0. The minimum atomic E-state index is -0.485. The lowest BCUT2D eigenvalue weighted by Gasteiger charge is -2.27. The first-order valence-electron chi connectivity index (χ1n) is 13.0. The van der Waals surface area contributed by atoms with Crippen LogP contribution >= 0.6 is 23.4 Å². The minimum absolute atomic E-state index is 0.201. The van der Waals surface area contributed by atoms with Gasteiger partial charge in [-0.25, -0.2) is 0 Å². The van der Waals surface area contributed by atoms with Crippen molar-refractivity contribution in [3.8, 4) is 11.5 Å². The molecule has 2 heterocycles. The van der Waals surface area contributed by atoms with E-state index < -0.39 is 11.1 Å². The van der Waals surface area contributed by atoms with E-state index >= 15 is 0 Å². The topological polar surface area (TPSA) is 76.2 Å². The highest BCUT2D eigenvalue weighted by Crippen LogP contribution is 2.40. The van der Waals surface area contributed by atoms with Gasteiger partial charge in [0, 0.05) is 13.1 Å². The van der Waals surface area contributed by atoms with Crippen molar-refractivity contribution in [2.45, 2.75) is 32.8 Å². The van der Waals surface area contributed by atoms with Crippen molar-refractivity contribution in [2.75, 3.05) is 26.2 Å². The highest BCUT2D eigenvalue weighted by molar-refractivity contribution is 8.18. The summed E-state index contributed by atoms with van der Waals surface area (Å²) in [5.74, 6) is 0.160. The van der Waals surface area contributed by atoms with Crippen LogP contribution in [0.1, 0.15) is 37.3 Å². The number of likely N-dealkylation sites (tertiary alicyclic amines) is 1. The van der Waals surface area contributed by atoms with E-state index in [2.05, 4.69) is 18.2 Å². The van der Waals surface area contributed by atoms with Crippen LogP contribution in [0.4, 0.5) is 4.79 Å². The summed E-state index contributed by atoms with van der Waals surface area (Å²) in [5, 5.41) is 2.09. The van der Waals surface area contributed by atoms with Crippen molar-refractivity contribution < 1.29 is 23.9 Å². The molecule has 2 saturated heterocycles. The summed E-state index contributed by atoms with van der Waals surface area (Å²) in [5.41, 5.74) is 1.61. The van der Waals surface area contributed by atoms with Crippen molar-refractivity contribution in [1.29, 1.82) is 0 Å². The van der Waals surface area contributed by atoms with Crippen LogP contribution in [-0.4, -0.2) is 53.1 Å². The normalized spacial score (nSPS) is 16.8. The van der Waals surface area contributed by atoms with Crippen LogP contribution < -0.4 is 9.47 Å². The van der Waals surface area contributed by atoms with Gasteiger partial charge in [0.05, 0.1) is 16.5 Å². The number of thioether (sulfide) groups is 1. The van der Waals surface area contributed by atoms with Gasteiger partial charge in [-0.3, -0.25) is 19.3 Å². The molecular weight excluding hydrogens is 536 g/mol. The molecule has 2 fully saturated rings. The largest absolute Gasteiger partial charge is 0.490 e. The van der Waals surface area contributed by atoms with E-state index in [0.29, 0.717) is 48.4 Å². The van der Waals surface area contributed by atoms with E-state index in [0.717, 1.165) is 52.3 Å². The number of fused-ring (bicyclic) bond motifs is 1. The van der Waals surface area contributed by atoms with E-state index in [1.165, 1.54) is 0 Å². The lowest BCUT2D eigenvalue weighted by atomic mass is 10.1. The number of rotatable bonds is 8. The third-order valence-electron chi connectivity index (χ3n) is 6.76. The number of carbonyl (C=O) groups is 3. The Morgan fingerprint density at radius 3 is 2.59 bits per heavy atom. The Balaban J connectivity index is 1.34. The van der Waals surface area contributed by atoms with Crippen molar-refractivity contribution in [2.24, 2.45) is 0 Å². The first kappa shape index (κ1) is 27.1. The molecule has 3 amide bonds. The Bertz CT molecular complexity index is 1450. The van der Waals surface area contributed by atoms with E-state index in [1.807, 2.05) is 31.2 Å². The molecule has 5 rings (SSSR count). The lowest BCUT2D eigenvalue weighted by molar-refractivity contribution is -0.136. The fraction of sp³-hybridized carbons (Fsp3) is 0.300. The van der Waals surface area contributed by atoms with Gasteiger partial charge in [0.15, 0.2) is 11.5 Å². The van der Waals surface area contributed by atoms with Crippen molar-refractivity contribution in [3.05, 3.63) is 75.7 Å². The van der Waals surface area contributed by atoms with Crippen LogP contribution in [0.5, 0.6) is 11.5 Å². The fourth-order valence-corrected chi connectivity index (χ4v) is 5.92. The monoisotopic (exact) mass is 564 g/mol. The molecule has 2 aliphatic rings. The Morgan fingerprint density at radius 1 is 1.03 bits per heavy atom. The SMILES string of the molecule is CCOc1cc(/C=C2\SC(=O)N(CC(=O)N3CCCCC3)C2=O)cc(Cl)c1OCc1cccc2ccccc12. The number of hydrogen-bond donors (Lipinski definition) is 0. The molecule has 3 aromatic rings. The maximum atomic E-state index is 13.0. The number of carbonyl (C=O) groups excluding carboxylic acids is 3. The maximum Gasteiger partial charge on any atom is 0.294 e. The maximum absolute atomic E-state index is 13.0. The molecule has 0 N–H and O–H groups in total. The van der Waals surface area contributed by atoms with Crippen molar-refractivity contribution in [3.63, 3.8) is 0 Å². The van der Waals surface area contributed by atoms with Gasteiger partial charge < -0.3 is 14.4 Å². The van der Waals surface area contributed by atoms with E-state index in [9.17, 15) is 14.4 Å². The third kappa shape index (κ3) is 6.07. The Morgan fingerprint density at radius 2 is 1.79 bits per heavy atom. The Hall–Kier alpha value is -3.49. The highest BCUT2D eigenvalue weighted by Gasteiger charge is 2.37. The molecule has 0 bridgehead atoms. The summed E-state index contributed by atoms with van der Waals surface area (Å²) in [6.07, 6.45) is 4.57. The van der Waals surface area contributed by atoms with Crippen LogP contribution in [0.2, 0.25) is 5.02 Å². The number of benzene rings is 3. The van der Waals surface area contributed by atoms with Crippen LogP contribution in [0.3, 0.4) is 0 Å². The lowest BCUT2D eigenvalue weighted by Crippen LogP contribution is -2.44. The molecule has 9 heteroatoms. The molecule has 0 radical (unpaired) electrons. The fourth-order valence-electron chi connectivity index (χ4n) is 4.81. The number of halogens is 1. The quantitative estimate of drug-likeness (QED) is 0.290. The number of ether oxygens (including phenoxy) is 2. The van der Waals surface area contributed by atoms with Crippen LogP contribution in [-0.2, 0) is 16.2 Å². The first-order valence-corrected chi connectivity index (χ1v) is 14.2. The molecule has 0 aliphatic carbocycles. The van der Waals surface area contributed by atoms with Crippen molar-refractivity contribution >= 4 is 57.3 Å². The molecule has 0 unspecified atom stereocenters. The van der Waals surface area contributed by atoms with Gasteiger partial charge >= 0.3 is 0 Å². The van der Waals surface area contributed by atoms with Crippen LogP contribution in [0.25, 0.3) is 16.8 Å². The predicted octanol–water partition coefficient (Wildman–Crippen LogP) is 6.52. The Kier molecular flexibility index (Phi) is 8.43. The number of piperidine rings is 1. The second kappa shape index (κ2) is 12.1. The van der Waals surface area contributed by atoms with Gasteiger partial charge in [0.1, 0.15) is 13.2 Å². The van der Waals surface area contributed by atoms with Gasteiger partial charge in [-0.15, -0.1) is 0 Å². The molecule has 0 saturated carbocycles. The molecular formula is C30H29ClN2O5S. The second-order valence-corrected chi connectivity index (χ2v) is 10.8. The van der Waals surface area contributed by atoms with E-state index in [-0.39, 0.29) is 17.4 Å². The standard InChI is InChI=1S/C30H29ClN2O5S/c1-2-37-25-16-20(15-24(31)28(25)38-19-22-11-8-10-21-9-4-5-12-23(21)22)17-26-29(35)33(30(36)39-26)18-27(34)32-13-6-3-7-14-32/h4-5,8-12,15-17H,2-3,6-7,13-14,18-19H2,1H3/b26-17-. The number of hydrogen-bond acceptors (Lipinski definition) is 6. The molecule has 3 aromatic carbocycles. The van der Waals surface area contributed by atoms with E-state index in [4.69, 9.17) is 21.1 Å². The Labute approximate surface area is 236 Å².